The van der Waals surface area contributed by atoms with Gasteiger partial charge in [-0.2, -0.15) is 0 Å². The van der Waals surface area contributed by atoms with E-state index in [0.717, 1.165) is 0 Å². The van der Waals surface area contributed by atoms with Gasteiger partial charge in [-0.3, -0.25) is 9.59 Å². The van der Waals surface area contributed by atoms with Gasteiger partial charge in [-0.05, 0) is 6.92 Å². The molecule has 14 heavy (non-hydrogen) atoms. The highest BCUT2D eigenvalue weighted by Gasteiger charge is 2.08. The van der Waals surface area contributed by atoms with Gasteiger partial charge in [0.25, 0.3) is 0 Å². The summed E-state index contributed by atoms with van der Waals surface area (Å²) < 4.78 is 9.83. The van der Waals surface area contributed by atoms with Gasteiger partial charge in [0, 0.05) is 19.3 Å². The van der Waals surface area contributed by atoms with Crippen molar-refractivity contribution >= 4 is 11.9 Å². The molecule has 4 heteroatoms. The highest BCUT2D eigenvalue weighted by atomic mass is 16.6. The number of carbonyl (C=O) groups excluding carboxylic acids is 2. The number of carbonyl (C=O) groups is 2. The summed E-state index contributed by atoms with van der Waals surface area (Å²) >= 11 is 0. The number of hydrogen-bond donors (Lipinski definition) is 0. The summed E-state index contributed by atoms with van der Waals surface area (Å²) in [5.74, 6) is -0.446. The number of ether oxygens (including phenoxy) is 2. The molecule has 1 atom stereocenters. The second kappa shape index (κ2) is 7.35. The van der Waals surface area contributed by atoms with Crippen LogP contribution in [0.15, 0.2) is 0 Å². The van der Waals surface area contributed by atoms with Crippen LogP contribution >= 0.6 is 0 Å². The lowest BCUT2D eigenvalue weighted by molar-refractivity contribution is -0.150. The molecule has 0 rings (SSSR count). The third-order valence-corrected chi connectivity index (χ3v) is 1.70. The van der Waals surface area contributed by atoms with Gasteiger partial charge in [-0.25, -0.2) is 0 Å². The first-order valence-corrected chi connectivity index (χ1v) is 4.95. The minimum absolute atomic E-state index is 0.188. The summed E-state index contributed by atoms with van der Waals surface area (Å²) in [6.45, 7) is 5.58. The van der Waals surface area contributed by atoms with Crippen molar-refractivity contribution in [1.29, 1.82) is 0 Å². The predicted octanol–water partition coefficient (Wildman–Crippen LogP) is 1.67. The lowest BCUT2D eigenvalue weighted by Crippen LogP contribution is -2.17. The Morgan fingerprint density at radius 1 is 1.14 bits per heavy atom. The van der Waals surface area contributed by atoms with Crippen molar-refractivity contribution in [3.63, 3.8) is 0 Å². The Bertz CT molecular complexity index is 189. The summed E-state index contributed by atoms with van der Waals surface area (Å²) in [5, 5.41) is 0. The van der Waals surface area contributed by atoms with Gasteiger partial charge in [0.2, 0.25) is 0 Å². The molecule has 0 amide bonds. The van der Waals surface area contributed by atoms with E-state index in [2.05, 4.69) is 0 Å². The highest BCUT2D eigenvalue weighted by Crippen LogP contribution is 2.00. The lowest BCUT2D eigenvalue weighted by atomic mass is 10.3. The van der Waals surface area contributed by atoms with E-state index in [1.807, 2.05) is 0 Å². The van der Waals surface area contributed by atoms with Crippen LogP contribution in [0.25, 0.3) is 0 Å². The monoisotopic (exact) mass is 202 g/mol. The van der Waals surface area contributed by atoms with Crippen LogP contribution < -0.4 is 0 Å². The Morgan fingerprint density at radius 2 is 1.71 bits per heavy atom. The molecule has 0 aromatic rings. The first-order valence-electron chi connectivity index (χ1n) is 4.95. The standard InChI is InChI=1S/C10H18O4/c1-4-9(11)13-7-6-8(3)14-10(12)5-2/h8H,4-7H2,1-3H3. The predicted molar refractivity (Wildman–Crippen MR) is 51.7 cm³/mol. The van der Waals surface area contributed by atoms with Crippen LogP contribution in [0.3, 0.4) is 0 Å². The second-order valence-electron chi connectivity index (χ2n) is 3.02. The highest BCUT2D eigenvalue weighted by molar-refractivity contribution is 5.69. The van der Waals surface area contributed by atoms with Crippen LogP contribution in [0, 0.1) is 0 Å². The lowest BCUT2D eigenvalue weighted by Gasteiger charge is -2.12. The van der Waals surface area contributed by atoms with Gasteiger partial charge in [0.1, 0.15) is 6.10 Å². The number of esters is 2. The zero-order valence-electron chi connectivity index (χ0n) is 9.04. The molecule has 0 fully saturated rings. The van der Waals surface area contributed by atoms with Gasteiger partial charge < -0.3 is 9.47 Å². The smallest absolute Gasteiger partial charge is 0.305 e. The van der Waals surface area contributed by atoms with E-state index < -0.39 is 0 Å². The topological polar surface area (TPSA) is 52.6 Å². The maximum Gasteiger partial charge on any atom is 0.305 e. The van der Waals surface area contributed by atoms with Crippen molar-refractivity contribution in [3.05, 3.63) is 0 Å². The van der Waals surface area contributed by atoms with Crippen LogP contribution in [0.1, 0.15) is 40.0 Å². The van der Waals surface area contributed by atoms with E-state index in [9.17, 15) is 9.59 Å². The molecular weight excluding hydrogens is 184 g/mol. The zero-order chi connectivity index (χ0) is 11.0. The molecule has 0 radical (unpaired) electrons. The molecule has 82 valence electrons. The summed E-state index contributed by atoms with van der Waals surface area (Å²) in [7, 11) is 0. The molecule has 1 unspecified atom stereocenters. The van der Waals surface area contributed by atoms with Gasteiger partial charge >= 0.3 is 11.9 Å². The van der Waals surface area contributed by atoms with Crippen molar-refractivity contribution in [1.82, 2.24) is 0 Å². The molecule has 0 aromatic carbocycles. The van der Waals surface area contributed by atoms with Crippen LogP contribution in [-0.4, -0.2) is 24.6 Å². The molecule has 0 heterocycles. The average Bonchev–Trinajstić information content (AvgIpc) is 2.17. The number of hydrogen-bond acceptors (Lipinski definition) is 4. The molecule has 0 aromatic heterocycles. The number of rotatable bonds is 6. The van der Waals surface area contributed by atoms with E-state index in [0.29, 0.717) is 25.9 Å². The van der Waals surface area contributed by atoms with E-state index in [1.165, 1.54) is 0 Å². The minimum Gasteiger partial charge on any atom is -0.466 e. The fourth-order valence-electron chi connectivity index (χ4n) is 0.807. The first kappa shape index (κ1) is 12.9. The summed E-state index contributed by atoms with van der Waals surface area (Å²) in [6.07, 6.45) is 1.12. The molecule has 4 nitrogen and oxygen atoms in total. The zero-order valence-corrected chi connectivity index (χ0v) is 9.04. The maximum atomic E-state index is 10.8. The Labute approximate surface area is 84.6 Å². The molecule has 0 aliphatic carbocycles. The summed E-state index contributed by atoms with van der Waals surface area (Å²) in [5.41, 5.74) is 0. The van der Waals surface area contributed by atoms with Crippen LogP contribution in [0.5, 0.6) is 0 Å². The van der Waals surface area contributed by atoms with Crippen molar-refractivity contribution < 1.29 is 19.1 Å². The first-order chi connectivity index (χ1) is 6.60. The van der Waals surface area contributed by atoms with Crippen LogP contribution in [0.4, 0.5) is 0 Å². The Balaban J connectivity index is 3.49. The van der Waals surface area contributed by atoms with Gasteiger partial charge in [-0.1, -0.05) is 13.8 Å². The molecule has 0 aliphatic rings. The fraction of sp³-hybridized carbons (Fsp3) is 0.800. The molecule has 0 saturated heterocycles. The third kappa shape index (κ3) is 6.46. The maximum absolute atomic E-state index is 10.8. The molecule has 0 aliphatic heterocycles. The van der Waals surface area contributed by atoms with Crippen molar-refractivity contribution in [3.8, 4) is 0 Å². The second-order valence-corrected chi connectivity index (χ2v) is 3.02. The summed E-state index contributed by atoms with van der Waals surface area (Å²) in [4.78, 5) is 21.6. The quantitative estimate of drug-likeness (QED) is 0.615. The molecule has 0 spiro atoms. The molecular formula is C10H18O4. The Hall–Kier alpha value is -1.06. The summed E-state index contributed by atoms with van der Waals surface area (Å²) in [6, 6.07) is 0. The van der Waals surface area contributed by atoms with Crippen molar-refractivity contribution in [2.24, 2.45) is 0 Å². The van der Waals surface area contributed by atoms with Crippen molar-refractivity contribution in [2.45, 2.75) is 46.1 Å². The van der Waals surface area contributed by atoms with E-state index >= 15 is 0 Å². The Morgan fingerprint density at radius 3 is 2.21 bits per heavy atom. The molecule has 0 saturated carbocycles. The van der Waals surface area contributed by atoms with E-state index in [1.54, 1.807) is 20.8 Å². The molecule has 0 bridgehead atoms. The normalized spacial score (nSPS) is 11.9. The van der Waals surface area contributed by atoms with E-state index in [-0.39, 0.29) is 18.0 Å². The molecule has 0 N–H and O–H groups in total. The van der Waals surface area contributed by atoms with Gasteiger partial charge in [0.15, 0.2) is 0 Å². The van der Waals surface area contributed by atoms with Crippen LogP contribution in [0.2, 0.25) is 0 Å². The minimum atomic E-state index is -0.223. The Kier molecular flexibility index (Phi) is 6.80. The van der Waals surface area contributed by atoms with Crippen molar-refractivity contribution in [2.75, 3.05) is 6.61 Å². The average molecular weight is 202 g/mol. The SMILES string of the molecule is CCC(=O)OCCC(C)OC(=O)CC. The largest absolute Gasteiger partial charge is 0.466 e. The fourth-order valence-corrected chi connectivity index (χ4v) is 0.807. The van der Waals surface area contributed by atoms with E-state index in [4.69, 9.17) is 9.47 Å². The van der Waals surface area contributed by atoms with Gasteiger partial charge in [0.05, 0.1) is 6.61 Å². The van der Waals surface area contributed by atoms with Gasteiger partial charge in [-0.15, -0.1) is 0 Å². The third-order valence-electron chi connectivity index (χ3n) is 1.70. The van der Waals surface area contributed by atoms with Crippen LogP contribution in [-0.2, 0) is 19.1 Å².